The minimum atomic E-state index is 0.517. The molecule has 2 rings (SSSR count). The summed E-state index contributed by atoms with van der Waals surface area (Å²) in [4.78, 5) is 0. The third kappa shape index (κ3) is 3.13. The Labute approximate surface area is 98.8 Å². The normalized spacial score (nSPS) is 32.8. The van der Waals surface area contributed by atoms with E-state index in [1.54, 1.807) is 0 Å². The third-order valence-electron chi connectivity index (χ3n) is 4.16. The predicted molar refractivity (Wildman–Crippen MR) is 69.5 cm³/mol. The first-order valence-corrected chi connectivity index (χ1v) is 7.68. The van der Waals surface area contributed by atoms with Gasteiger partial charge in [-0.3, -0.25) is 0 Å². The highest BCUT2D eigenvalue weighted by Crippen LogP contribution is 2.35. The van der Waals surface area contributed by atoms with Crippen molar-refractivity contribution in [2.75, 3.05) is 11.5 Å². The van der Waals surface area contributed by atoms with Gasteiger partial charge in [0.25, 0.3) is 0 Å². The molecule has 15 heavy (non-hydrogen) atoms. The van der Waals surface area contributed by atoms with Gasteiger partial charge in [-0.1, -0.05) is 33.1 Å². The van der Waals surface area contributed by atoms with Crippen molar-refractivity contribution in [3.8, 4) is 0 Å². The van der Waals surface area contributed by atoms with Crippen LogP contribution in [0.5, 0.6) is 0 Å². The maximum atomic E-state index is 3.93. The SMILES string of the molecule is CC1(C)CCSCC1NC1CCCCC1. The molecule has 1 aliphatic carbocycles. The Hall–Kier alpha value is 0.310. The van der Waals surface area contributed by atoms with Crippen LogP contribution in [0, 0.1) is 5.41 Å². The fraction of sp³-hybridized carbons (Fsp3) is 1.00. The largest absolute Gasteiger partial charge is 0.310 e. The van der Waals surface area contributed by atoms with Crippen molar-refractivity contribution in [1.82, 2.24) is 5.32 Å². The predicted octanol–water partition coefficient (Wildman–Crippen LogP) is 3.44. The minimum absolute atomic E-state index is 0.517. The highest BCUT2D eigenvalue weighted by molar-refractivity contribution is 7.99. The molecule has 2 heteroatoms. The summed E-state index contributed by atoms with van der Waals surface area (Å²) in [6.45, 7) is 4.88. The molecule has 88 valence electrons. The minimum Gasteiger partial charge on any atom is -0.310 e. The molecule has 1 unspecified atom stereocenters. The molecule has 0 aromatic heterocycles. The van der Waals surface area contributed by atoms with Crippen LogP contribution in [0.1, 0.15) is 52.4 Å². The van der Waals surface area contributed by atoms with Gasteiger partial charge in [-0.05, 0) is 30.4 Å². The molecule has 1 atom stereocenters. The quantitative estimate of drug-likeness (QED) is 0.775. The lowest BCUT2D eigenvalue weighted by Gasteiger charge is -2.41. The van der Waals surface area contributed by atoms with Crippen LogP contribution in [0.25, 0.3) is 0 Å². The van der Waals surface area contributed by atoms with Gasteiger partial charge in [0, 0.05) is 17.8 Å². The molecule has 0 bridgehead atoms. The molecule has 1 heterocycles. The molecule has 0 radical (unpaired) electrons. The molecule has 2 fully saturated rings. The zero-order valence-corrected chi connectivity index (χ0v) is 11.0. The molecule has 0 spiro atoms. The number of nitrogens with one attached hydrogen (secondary N) is 1. The van der Waals surface area contributed by atoms with E-state index in [4.69, 9.17) is 0 Å². The summed E-state index contributed by atoms with van der Waals surface area (Å²) in [6, 6.07) is 1.57. The summed E-state index contributed by atoms with van der Waals surface area (Å²) >= 11 is 2.13. The molecule has 1 N–H and O–H groups in total. The van der Waals surface area contributed by atoms with Crippen molar-refractivity contribution in [3.63, 3.8) is 0 Å². The first kappa shape index (κ1) is 11.8. The van der Waals surface area contributed by atoms with E-state index in [-0.39, 0.29) is 0 Å². The summed E-state index contributed by atoms with van der Waals surface area (Å²) in [5.41, 5.74) is 0.517. The Bertz CT molecular complexity index is 197. The van der Waals surface area contributed by atoms with E-state index in [0.29, 0.717) is 5.41 Å². The van der Waals surface area contributed by atoms with Crippen LogP contribution in [0.4, 0.5) is 0 Å². The molecule has 1 nitrogen and oxygen atoms in total. The van der Waals surface area contributed by atoms with Crippen LogP contribution < -0.4 is 5.32 Å². The second kappa shape index (κ2) is 5.09. The number of thioether (sulfide) groups is 1. The zero-order valence-electron chi connectivity index (χ0n) is 10.2. The fourth-order valence-electron chi connectivity index (χ4n) is 2.76. The summed E-state index contributed by atoms with van der Waals surface area (Å²) in [5.74, 6) is 2.68. The van der Waals surface area contributed by atoms with Gasteiger partial charge in [-0.2, -0.15) is 11.8 Å². The first-order chi connectivity index (χ1) is 7.18. The lowest BCUT2D eigenvalue weighted by Crippen LogP contribution is -2.51. The Morgan fingerprint density at radius 1 is 1.13 bits per heavy atom. The molecule has 0 aromatic carbocycles. The van der Waals surface area contributed by atoms with Crippen molar-refractivity contribution in [2.24, 2.45) is 5.41 Å². The zero-order chi connectivity index (χ0) is 10.7. The second-order valence-electron chi connectivity index (χ2n) is 5.87. The molecule has 1 saturated carbocycles. The average Bonchev–Trinajstić information content (AvgIpc) is 2.23. The van der Waals surface area contributed by atoms with Crippen LogP contribution in [0.3, 0.4) is 0 Å². The lowest BCUT2D eigenvalue weighted by atomic mass is 9.81. The van der Waals surface area contributed by atoms with E-state index >= 15 is 0 Å². The van der Waals surface area contributed by atoms with E-state index in [0.717, 1.165) is 12.1 Å². The van der Waals surface area contributed by atoms with E-state index in [1.807, 2.05) is 0 Å². The van der Waals surface area contributed by atoms with Gasteiger partial charge in [-0.15, -0.1) is 0 Å². The first-order valence-electron chi connectivity index (χ1n) is 6.52. The summed E-state index contributed by atoms with van der Waals surface area (Å²) in [5, 5.41) is 3.93. The van der Waals surface area contributed by atoms with Gasteiger partial charge in [0.05, 0.1) is 0 Å². The molecule has 0 aromatic rings. The van der Waals surface area contributed by atoms with E-state index in [9.17, 15) is 0 Å². The molecule has 1 saturated heterocycles. The van der Waals surface area contributed by atoms with E-state index < -0.39 is 0 Å². The van der Waals surface area contributed by atoms with Gasteiger partial charge < -0.3 is 5.32 Å². The van der Waals surface area contributed by atoms with Crippen LogP contribution >= 0.6 is 11.8 Å². The molecule has 0 amide bonds. The van der Waals surface area contributed by atoms with Crippen molar-refractivity contribution in [1.29, 1.82) is 0 Å². The van der Waals surface area contributed by atoms with Gasteiger partial charge in [0.1, 0.15) is 0 Å². The number of rotatable bonds is 2. The van der Waals surface area contributed by atoms with Gasteiger partial charge in [0.15, 0.2) is 0 Å². The molecular weight excluding hydrogens is 202 g/mol. The van der Waals surface area contributed by atoms with E-state index in [2.05, 4.69) is 30.9 Å². The van der Waals surface area contributed by atoms with Gasteiger partial charge in [-0.25, -0.2) is 0 Å². The maximum absolute atomic E-state index is 3.93. The number of hydrogen-bond acceptors (Lipinski definition) is 2. The Kier molecular flexibility index (Phi) is 4.00. The lowest BCUT2D eigenvalue weighted by molar-refractivity contribution is 0.211. The second-order valence-corrected chi connectivity index (χ2v) is 7.02. The van der Waals surface area contributed by atoms with Crippen molar-refractivity contribution in [3.05, 3.63) is 0 Å². The molecule has 1 aliphatic heterocycles. The van der Waals surface area contributed by atoms with Gasteiger partial charge >= 0.3 is 0 Å². The molecule has 2 aliphatic rings. The molecular formula is C13H25NS. The van der Waals surface area contributed by atoms with Crippen molar-refractivity contribution in [2.45, 2.75) is 64.5 Å². The fourth-order valence-corrected chi connectivity index (χ4v) is 4.38. The smallest absolute Gasteiger partial charge is 0.0212 e. The van der Waals surface area contributed by atoms with Crippen LogP contribution in [-0.4, -0.2) is 23.6 Å². The summed E-state index contributed by atoms with van der Waals surface area (Å²) < 4.78 is 0. The van der Waals surface area contributed by atoms with Crippen LogP contribution in [0.15, 0.2) is 0 Å². The monoisotopic (exact) mass is 227 g/mol. The maximum Gasteiger partial charge on any atom is 0.0212 e. The highest BCUT2D eigenvalue weighted by atomic mass is 32.2. The summed E-state index contributed by atoms with van der Waals surface area (Å²) in [6.07, 6.45) is 8.55. The van der Waals surface area contributed by atoms with Crippen LogP contribution in [0.2, 0.25) is 0 Å². The standard InChI is InChI=1S/C13H25NS/c1-13(2)8-9-15-10-12(13)14-11-6-4-3-5-7-11/h11-12,14H,3-10H2,1-2H3. The summed E-state index contributed by atoms with van der Waals surface area (Å²) in [7, 11) is 0. The van der Waals surface area contributed by atoms with Crippen LogP contribution in [-0.2, 0) is 0 Å². The third-order valence-corrected chi connectivity index (χ3v) is 5.22. The van der Waals surface area contributed by atoms with E-state index in [1.165, 1.54) is 50.0 Å². The highest BCUT2D eigenvalue weighted by Gasteiger charge is 2.33. The Morgan fingerprint density at radius 3 is 2.53 bits per heavy atom. The number of hydrogen-bond donors (Lipinski definition) is 1. The van der Waals surface area contributed by atoms with Crippen molar-refractivity contribution >= 4 is 11.8 Å². The van der Waals surface area contributed by atoms with Crippen molar-refractivity contribution < 1.29 is 0 Å². The Balaban J connectivity index is 1.85. The average molecular weight is 227 g/mol. The Morgan fingerprint density at radius 2 is 1.87 bits per heavy atom. The van der Waals surface area contributed by atoms with Gasteiger partial charge in [0.2, 0.25) is 0 Å². The topological polar surface area (TPSA) is 12.0 Å².